The van der Waals surface area contributed by atoms with Crippen LogP contribution in [0.3, 0.4) is 0 Å². The molecule has 1 N–H and O–H groups in total. The second-order valence-electron chi connectivity index (χ2n) is 5.19. The van der Waals surface area contributed by atoms with E-state index in [0.29, 0.717) is 4.70 Å². The van der Waals surface area contributed by atoms with Crippen molar-refractivity contribution in [3.8, 4) is 6.07 Å². The molecular formula is C17H7Cl2F3N2OS. The number of rotatable bonds is 2. The molecule has 0 saturated heterocycles. The molecule has 0 amide bonds. The van der Waals surface area contributed by atoms with E-state index in [1.807, 2.05) is 6.07 Å². The van der Waals surface area contributed by atoms with Gasteiger partial charge in [0, 0.05) is 15.6 Å². The normalized spacial score (nSPS) is 12.8. The van der Waals surface area contributed by atoms with Crippen LogP contribution >= 0.6 is 34.5 Å². The first-order valence-corrected chi connectivity index (χ1v) is 8.54. The zero-order valence-electron chi connectivity index (χ0n) is 12.6. The van der Waals surface area contributed by atoms with Gasteiger partial charge in [-0.05, 0) is 36.4 Å². The van der Waals surface area contributed by atoms with Crippen LogP contribution in [-0.4, -0.2) is 10.1 Å². The average Bonchev–Trinajstić information content (AvgIpc) is 2.96. The number of thiazole rings is 1. The van der Waals surface area contributed by atoms with Gasteiger partial charge in [-0.2, -0.15) is 18.4 Å². The summed E-state index contributed by atoms with van der Waals surface area (Å²) in [6.07, 6.45) is -4.49. The highest BCUT2D eigenvalue weighted by Gasteiger charge is 2.31. The van der Waals surface area contributed by atoms with Crippen molar-refractivity contribution >= 4 is 56.1 Å². The molecule has 0 aliphatic heterocycles. The number of benzene rings is 2. The Labute approximate surface area is 159 Å². The minimum Gasteiger partial charge on any atom is -0.506 e. The molecule has 3 rings (SSSR count). The molecule has 0 aliphatic rings. The number of nitrogens with zero attached hydrogens (tertiary/aromatic N) is 2. The lowest BCUT2D eigenvalue weighted by atomic mass is 10.1. The molecule has 0 fully saturated rings. The van der Waals surface area contributed by atoms with Gasteiger partial charge in [0.15, 0.2) is 0 Å². The largest absolute Gasteiger partial charge is 0.506 e. The molecule has 0 bridgehead atoms. The van der Waals surface area contributed by atoms with E-state index >= 15 is 0 Å². The number of hydrogen-bond acceptors (Lipinski definition) is 4. The summed E-state index contributed by atoms with van der Waals surface area (Å²) in [6.45, 7) is 0. The summed E-state index contributed by atoms with van der Waals surface area (Å²) in [6, 6.07) is 9.24. The fourth-order valence-corrected chi connectivity index (χ4v) is 3.72. The average molecular weight is 415 g/mol. The van der Waals surface area contributed by atoms with Crippen LogP contribution in [0.5, 0.6) is 0 Å². The van der Waals surface area contributed by atoms with Gasteiger partial charge in [-0.1, -0.05) is 23.2 Å². The van der Waals surface area contributed by atoms with Gasteiger partial charge < -0.3 is 5.11 Å². The monoisotopic (exact) mass is 414 g/mol. The van der Waals surface area contributed by atoms with Crippen LogP contribution in [0, 0.1) is 11.3 Å². The quantitative estimate of drug-likeness (QED) is 0.380. The van der Waals surface area contributed by atoms with Crippen molar-refractivity contribution < 1.29 is 18.3 Å². The Morgan fingerprint density at radius 1 is 1.12 bits per heavy atom. The SMILES string of the molecule is N#CC(=C(O)c1cc(Cl)cc(Cl)c1)c1nc2cc(C(F)(F)F)ccc2s1. The minimum atomic E-state index is -4.49. The molecular weight excluding hydrogens is 408 g/mol. The number of halogens is 5. The topological polar surface area (TPSA) is 56.9 Å². The van der Waals surface area contributed by atoms with Gasteiger partial charge in [-0.3, -0.25) is 0 Å². The number of aliphatic hydroxyl groups excluding tert-OH is 1. The summed E-state index contributed by atoms with van der Waals surface area (Å²) >= 11 is 12.8. The van der Waals surface area contributed by atoms with E-state index in [0.717, 1.165) is 23.5 Å². The van der Waals surface area contributed by atoms with E-state index in [-0.39, 0.29) is 31.7 Å². The minimum absolute atomic E-state index is 0.0875. The van der Waals surface area contributed by atoms with Gasteiger partial charge in [0.1, 0.15) is 22.4 Å². The molecule has 0 radical (unpaired) electrons. The first-order chi connectivity index (χ1) is 12.2. The molecule has 9 heteroatoms. The lowest BCUT2D eigenvalue weighted by Gasteiger charge is -2.05. The van der Waals surface area contributed by atoms with E-state index < -0.39 is 17.5 Å². The highest BCUT2D eigenvalue weighted by molar-refractivity contribution is 7.19. The van der Waals surface area contributed by atoms with Crippen LogP contribution in [-0.2, 0) is 6.18 Å². The van der Waals surface area contributed by atoms with Crippen LogP contribution in [0.25, 0.3) is 21.5 Å². The van der Waals surface area contributed by atoms with Crippen molar-refractivity contribution in [2.45, 2.75) is 6.18 Å². The fourth-order valence-electron chi connectivity index (χ4n) is 2.25. The summed E-state index contributed by atoms with van der Waals surface area (Å²) in [5.41, 5.74) is -0.730. The van der Waals surface area contributed by atoms with Crippen molar-refractivity contribution in [1.82, 2.24) is 4.98 Å². The Bertz CT molecular complexity index is 1060. The zero-order valence-corrected chi connectivity index (χ0v) is 14.9. The predicted octanol–water partition coefficient (Wildman–Crippen LogP) is 6.57. The summed E-state index contributed by atoms with van der Waals surface area (Å²) in [5.74, 6) is -0.410. The highest BCUT2D eigenvalue weighted by atomic mass is 35.5. The van der Waals surface area contributed by atoms with Crippen molar-refractivity contribution in [2.75, 3.05) is 0 Å². The van der Waals surface area contributed by atoms with E-state index in [4.69, 9.17) is 23.2 Å². The summed E-state index contributed by atoms with van der Waals surface area (Å²) in [7, 11) is 0. The molecule has 1 aromatic heterocycles. The lowest BCUT2D eigenvalue weighted by Crippen LogP contribution is -2.03. The number of hydrogen-bond donors (Lipinski definition) is 1. The first kappa shape index (κ1) is 18.5. The standard InChI is InChI=1S/C17H7Cl2F3N2OS/c18-10-3-8(4-11(19)6-10)15(25)12(7-23)16-24-13-5-9(17(20,21)22)1-2-14(13)26-16/h1-6,25H. The molecule has 0 aliphatic carbocycles. The third-order valence-corrected chi connectivity index (χ3v) is 4.90. The van der Waals surface area contributed by atoms with Gasteiger partial charge in [0.2, 0.25) is 0 Å². The molecule has 0 atom stereocenters. The fraction of sp³-hybridized carbons (Fsp3) is 0.0588. The maximum atomic E-state index is 12.8. The second kappa shape index (κ2) is 6.80. The Hall–Kier alpha value is -2.27. The lowest BCUT2D eigenvalue weighted by molar-refractivity contribution is -0.137. The Morgan fingerprint density at radius 2 is 1.77 bits per heavy atom. The Morgan fingerprint density at radius 3 is 2.35 bits per heavy atom. The smallest absolute Gasteiger partial charge is 0.416 e. The number of allylic oxidation sites excluding steroid dienone is 1. The Kier molecular flexibility index (Phi) is 4.84. The summed E-state index contributed by atoms with van der Waals surface area (Å²) < 4.78 is 38.9. The number of nitriles is 1. The zero-order chi connectivity index (χ0) is 19.1. The molecule has 2 aromatic carbocycles. The Balaban J connectivity index is 2.14. The number of aliphatic hydroxyl groups is 1. The first-order valence-electron chi connectivity index (χ1n) is 6.97. The van der Waals surface area contributed by atoms with Crippen LogP contribution in [0.1, 0.15) is 16.1 Å². The molecule has 0 unspecified atom stereocenters. The number of aromatic nitrogens is 1. The van der Waals surface area contributed by atoms with E-state index in [1.165, 1.54) is 24.3 Å². The maximum absolute atomic E-state index is 12.8. The van der Waals surface area contributed by atoms with E-state index in [9.17, 15) is 23.5 Å². The summed E-state index contributed by atoms with van der Waals surface area (Å²) in [4.78, 5) is 4.06. The van der Waals surface area contributed by atoms with Gasteiger partial charge >= 0.3 is 6.18 Å². The molecule has 132 valence electrons. The van der Waals surface area contributed by atoms with Crippen LogP contribution in [0.2, 0.25) is 10.0 Å². The van der Waals surface area contributed by atoms with E-state index in [2.05, 4.69) is 4.98 Å². The van der Waals surface area contributed by atoms with Gasteiger partial charge in [0.05, 0.1) is 15.8 Å². The second-order valence-corrected chi connectivity index (χ2v) is 7.10. The van der Waals surface area contributed by atoms with E-state index in [1.54, 1.807) is 0 Å². The van der Waals surface area contributed by atoms with Crippen molar-refractivity contribution in [1.29, 1.82) is 5.26 Å². The summed E-state index contributed by atoms with van der Waals surface area (Å²) in [5, 5.41) is 20.4. The molecule has 3 aromatic rings. The van der Waals surface area contributed by atoms with Crippen molar-refractivity contribution in [3.63, 3.8) is 0 Å². The number of alkyl halides is 3. The van der Waals surface area contributed by atoms with Crippen LogP contribution in [0.15, 0.2) is 36.4 Å². The van der Waals surface area contributed by atoms with Crippen LogP contribution < -0.4 is 0 Å². The van der Waals surface area contributed by atoms with Gasteiger partial charge in [-0.15, -0.1) is 11.3 Å². The third kappa shape index (κ3) is 3.63. The molecule has 0 spiro atoms. The van der Waals surface area contributed by atoms with Crippen molar-refractivity contribution in [2.24, 2.45) is 0 Å². The van der Waals surface area contributed by atoms with Gasteiger partial charge in [-0.25, -0.2) is 4.98 Å². The molecule has 1 heterocycles. The maximum Gasteiger partial charge on any atom is 0.416 e. The van der Waals surface area contributed by atoms with Gasteiger partial charge in [0.25, 0.3) is 0 Å². The molecule has 26 heavy (non-hydrogen) atoms. The molecule has 3 nitrogen and oxygen atoms in total. The third-order valence-electron chi connectivity index (χ3n) is 3.41. The van der Waals surface area contributed by atoms with Crippen molar-refractivity contribution in [3.05, 3.63) is 62.6 Å². The van der Waals surface area contributed by atoms with Crippen LogP contribution in [0.4, 0.5) is 13.2 Å². The molecule has 0 saturated carbocycles. The highest BCUT2D eigenvalue weighted by Crippen LogP contribution is 2.36. The number of fused-ring (bicyclic) bond motifs is 1. The predicted molar refractivity (Wildman–Crippen MR) is 96.1 cm³/mol.